The van der Waals surface area contributed by atoms with E-state index in [2.05, 4.69) is 20.4 Å². The van der Waals surface area contributed by atoms with E-state index in [-0.39, 0.29) is 18.1 Å². The zero-order valence-corrected chi connectivity index (χ0v) is 15.2. The van der Waals surface area contributed by atoms with Gasteiger partial charge in [0.15, 0.2) is 16.6 Å². The third-order valence-corrected chi connectivity index (χ3v) is 4.76. The Hall–Kier alpha value is -2.65. The molecule has 138 valence electrons. The number of thiazole rings is 1. The standard InChI is InChI=1S/C17H20N4O4S/c1-24-14-4-2-3-12(16(14)23)10-18-20-15(22)9-13-11-26-17(19-13)21-5-7-25-8-6-21/h2-4,10-11,23H,5-9H2,1H3,(H,20,22)/b18-10+. The minimum absolute atomic E-state index is 0.0253. The predicted octanol–water partition coefficient (Wildman–Crippen LogP) is 1.39. The number of para-hydroxylation sites is 1. The molecule has 0 saturated carbocycles. The lowest BCUT2D eigenvalue weighted by Gasteiger charge is -2.26. The van der Waals surface area contributed by atoms with Crippen molar-refractivity contribution in [3.63, 3.8) is 0 Å². The van der Waals surface area contributed by atoms with E-state index >= 15 is 0 Å². The maximum atomic E-state index is 12.0. The Morgan fingerprint density at radius 2 is 2.31 bits per heavy atom. The molecule has 0 unspecified atom stereocenters. The first kappa shape index (κ1) is 18.2. The van der Waals surface area contributed by atoms with E-state index in [9.17, 15) is 9.90 Å². The predicted molar refractivity (Wildman–Crippen MR) is 99.2 cm³/mol. The first-order valence-electron chi connectivity index (χ1n) is 8.12. The molecule has 1 fully saturated rings. The Balaban J connectivity index is 1.54. The topological polar surface area (TPSA) is 96.3 Å². The summed E-state index contributed by atoms with van der Waals surface area (Å²) in [7, 11) is 1.47. The molecule has 9 heteroatoms. The number of hydrogen-bond acceptors (Lipinski definition) is 8. The molecule has 3 rings (SSSR count). The number of morpholine rings is 1. The molecule has 0 spiro atoms. The number of ether oxygens (including phenoxy) is 2. The number of aromatic nitrogens is 1. The van der Waals surface area contributed by atoms with Gasteiger partial charge < -0.3 is 19.5 Å². The number of methoxy groups -OCH3 is 1. The van der Waals surface area contributed by atoms with Crippen LogP contribution in [0.2, 0.25) is 0 Å². The van der Waals surface area contributed by atoms with Crippen LogP contribution < -0.4 is 15.1 Å². The van der Waals surface area contributed by atoms with Gasteiger partial charge in [0.1, 0.15) is 0 Å². The second-order valence-corrected chi connectivity index (χ2v) is 6.43. The van der Waals surface area contributed by atoms with E-state index in [1.165, 1.54) is 24.7 Å². The van der Waals surface area contributed by atoms with Crippen LogP contribution in [0.1, 0.15) is 11.3 Å². The molecule has 1 saturated heterocycles. The van der Waals surface area contributed by atoms with Crippen LogP contribution in [0.15, 0.2) is 28.7 Å². The number of hydrogen-bond donors (Lipinski definition) is 2. The summed E-state index contributed by atoms with van der Waals surface area (Å²) < 4.78 is 10.4. The average Bonchev–Trinajstić information content (AvgIpc) is 3.12. The number of aromatic hydroxyl groups is 1. The molecular formula is C17H20N4O4S. The number of carbonyl (C=O) groups is 1. The molecule has 2 N–H and O–H groups in total. The van der Waals surface area contributed by atoms with E-state index in [0.29, 0.717) is 30.2 Å². The van der Waals surface area contributed by atoms with Crippen LogP contribution in [0.25, 0.3) is 0 Å². The van der Waals surface area contributed by atoms with Crippen LogP contribution in [0.4, 0.5) is 5.13 Å². The molecule has 26 heavy (non-hydrogen) atoms. The van der Waals surface area contributed by atoms with Crippen molar-refractivity contribution in [2.75, 3.05) is 38.3 Å². The Bertz CT molecular complexity index is 787. The Morgan fingerprint density at radius 1 is 1.50 bits per heavy atom. The van der Waals surface area contributed by atoms with Crippen LogP contribution in [0.5, 0.6) is 11.5 Å². The molecule has 0 radical (unpaired) electrons. The third kappa shape index (κ3) is 4.50. The van der Waals surface area contributed by atoms with Crippen LogP contribution in [-0.2, 0) is 16.0 Å². The number of hydrazone groups is 1. The second kappa shape index (κ2) is 8.63. The van der Waals surface area contributed by atoms with Crippen molar-refractivity contribution in [1.29, 1.82) is 0 Å². The molecule has 8 nitrogen and oxygen atoms in total. The minimum atomic E-state index is -0.275. The molecule has 0 atom stereocenters. The number of amides is 1. The number of nitrogens with one attached hydrogen (secondary N) is 1. The Morgan fingerprint density at radius 3 is 3.08 bits per heavy atom. The molecule has 1 aliphatic rings. The van der Waals surface area contributed by atoms with Crippen LogP contribution in [0.3, 0.4) is 0 Å². The summed E-state index contributed by atoms with van der Waals surface area (Å²) in [5, 5.41) is 16.6. The zero-order chi connectivity index (χ0) is 18.4. The molecule has 2 aromatic rings. The average molecular weight is 376 g/mol. The monoisotopic (exact) mass is 376 g/mol. The van der Waals surface area contributed by atoms with E-state index in [0.717, 1.165) is 18.2 Å². The summed E-state index contributed by atoms with van der Waals surface area (Å²) >= 11 is 1.52. The van der Waals surface area contributed by atoms with Crippen molar-refractivity contribution in [2.45, 2.75) is 6.42 Å². The number of phenols is 1. The van der Waals surface area contributed by atoms with Gasteiger partial charge in [-0.2, -0.15) is 5.10 Å². The molecular weight excluding hydrogens is 356 g/mol. The van der Waals surface area contributed by atoms with E-state index in [4.69, 9.17) is 9.47 Å². The van der Waals surface area contributed by atoms with Crippen molar-refractivity contribution in [2.24, 2.45) is 5.10 Å². The largest absolute Gasteiger partial charge is 0.504 e. The minimum Gasteiger partial charge on any atom is -0.504 e. The number of carbonyl (C=O) groups excluding carboxylic acids is 1. The molecule has 1 aliphatic heterocycles. The van der Waals surface area contributed by atoms with E-state index in [1.54, 1.807) is 18.2 Å². The normalized spacial score (nSPS) is 14.6. The van der Waals surface area contributed by atoms with Crippen molar-refractivity contribution in [3.8, 4) is 11.5 Å². The van der Waals surface area contributed by atoms with Gasteiger partial charge in [-0.05, 0) is 12.1 Å². The Kier molecular flexibility index (Phi) is 6.03. The summed E-state index contributed by atoms with van der Waals surface area (Å²) in [6.07, 6.45) is 1.51. The van der Waals surface area contributed by atoms with Crippen LogP contribution >= 0.6 is 11.3 Å². The van der Waals surface area contributed by atoms with Gasteiger partial charge in [-0.25, -0.2) is 10.4 Å². The fourth-order valence-corrected chi connectivity index (χ4v) is 3.34. The van der Waals surface area contributed by atoms with E-state index < -0.39 is 0 Å². The van der Waals surface area contributed by atoms with Gasteiger partial charge in [-0.3, -0.25) is 4.79 Å². The molecule has 1 amide bonds. The molecule has 0 bridgehead atoms. The lowest BCUT2D eigenvalue weighted by atomic mass is 10.2. The van der Waals surface area contributed by atoms with Crippen LogP contribution in [0, 0.1) is 0 Å². The summed E-state index contributed by atoms with van der Waals surface area (Å²) in [5.41, 5.74) is 3.60. The summed E-state index contributed by atoms with van der Waals surface area (Å²) in [6.45, 7) is 3.02. The highest BCUT2D eigenvalue weighted by Gasteiger charge is 2.15. The van der Waals surface area contributed by atoms with Gasteiger partial charge in [-0.15, -0.1) is 11.3 Å². The highest BCUT2D eigenvalue weighted by Crippen LogP contribution is 2.28. The summed E-state index contributed by atoms with van der Waals surface area (Å²) in [6, 6.07) is 5.03. The Labute approximate surface area is 155 Å². The SMILES string of the molecule is COc1cccc(/C=N/NC(=O)Cc2csc(N3CCOCC3)n2)c1O. The first-order chi connectivity index (χ1) is 12.7. The summed E-state index contributed by atoms with van der Waals surface area (Å²) in [4.78, 5) is 18.7. The lowest BCUT2D eigenvalue weighted by Crippen LogP contribution is -2.36. The van der Waals surface area contributed by atoms with Gasteiger partial charge >= 0.3 is 0 Å². The van der Waals surface area contributed by atoms with Gasteiger partial charge in [0, 0.05) is 24.0 Å². The fourth-order valence-electron chi connectivity index (χ4n) is 2.46. The van der Waals surface area contributed by atoms with Crippen molar-refractivity contribution in [1.82, 2.24) is 10.4 Å². The molecule has 1 aromatic heterocycles. The van der Waals surface area contributed by atoms with Gasteiger partial charge in [0.25, 0.3) is 0 Å². The molecule has 2 heterocycles. The smallest absolute Gasteiger partial charge is 0.246 e. The molecule has 0 aliphatic carbocycles. The van der Waals surface area contributed by atoms with Crippen molar-refractivity contribution in [3.05, 3.63) is 34.8 Å². The van der Waals surface area contributed by atoms with Gasteiger partial charge in [0.05, 0.1) is 38.7 Å². The highest BCUT2D eigenvalue weighted by molar-refractivity contribution is 7.13. The number of phenolic OH excluding ortho intramolecular Hbond substituents is 1. The van der Waals surface area contributed by atoms with Gasteiger partial charge in [-0.1, -0.05) is 6.07 Å². The first-order valence-corrected chi connectivity index (χ1v) is 9.00. The number of benzene rings is 1. The quantitative estimate of drug-likeness (QED) is 0.584. The van der Waals surface area contributed by atoms with Gasteiger partial charge in [0.2, 0.25) is 5.91 Å². The van der Waals surface area contributed by atoms with Crippen molar-refractivity contribution < 1.29 is 19.4 Å². The fraction of sp³-hybridized carbons (Fsp3) is 0.353. The van der Waals surface area contributed by atoms with Crippen LogP contribution in [-0.4, -0.2) is 55.6 Å². The number of rotatable bonds is 6. The van der Waals surface area contributed by atoms with Crippen molar-refractivity contribution >= 4 is 28.6 Å². The van der Waals surface area contributed by atoms with E-state index in [1.807, 2.05) is 5.38 Å². The second-order valence-electron chi connectivity index (χ2n) is 5.59. The maximum absolute atomic E-state index is 12.0. The summed E-state index contributed by atoms with van der Waals surface area (Å²) in [5.74, 6) is 0.0449. The molecule has 1 aromatic carbocycles. The maximum Gasteiger partial charge on any atom is 0.246 e. The number of anilines is 1. The zero-order valence-electron chi connectivity index (χ0n) is 14.3. The lowest BCUT2D eigenvalue weighted by molar-refractivity contribution is -0.120. The highest BCUT2D eigenvalue weighted by atomic mass is 32.1. The number of nitrogens with zero attached hydrogens (tertiary/aromatic N) is 3. The third-order valence-electron chi connectivity index (χ3n) is 3.81.